The third kappa shape index (κ3) is 5.81. The van der Waals surface area contributed by atoms with E-state index < -0.39 is 0 Å². The van der Waals surface area contributed by atoms with Gasteiger partial charge in [-0.3, -0.25) is 9.59 Å². The highest BCUT2D eigenvalue weighted by molar-refractivity contribution is 5.98. The summed E-state index contributed by atoms with van der Waals surface area (Å²) >= 11 is 0. The number of rotatable bonds is 8. The van der Waals surface area contributed by atoms with Gasteiger partial charge in [0.15, 0.2) is 0 Å². The second-order valence-corrected chi connectivity index (χ2v) is 4.90. The molecule has 1 rings (SSSR count). The van der Waals surface area contributed by atoms with Crippen molar-refractivity contribution < 1.29 is 9.59 Å². The number of hydrogen-bond acceptors (Lipinski definition) is 2. The van der Waals surface area contributed by atoms with E-state index in [1.54, 1.807) is 6.07 Å². The van der Waals surface area contributed by atoms with Gasteiger partial charge in [0.1, 0.15) is 0 Å². The maximum atomic E-state index is 12.3. The molecule has 4 nitrogen and oxygen atoms in total. The van der Waals surface area contributed by atoms with Crippen LogP contribution in [0.3, 0.4) is 0 Å². The zero-order valence-corrected chi connectivity index (χ0v) is 12.9. The predicted molar refractivity (Wildman–Crippen MR) is 86.1 cm³/mol. The third-order valence-corrected chi connectivity index (χ3v) is 3.25. The minimum Gasteiger partial charge on any atom is -0.343 e. The number of amides is 2. The molecule has 0 radical (unpaired) electrons. The van der Waals surface area contributed by atoms with Crippen molar-refractivity contribution in [2.45, 2.75) is 33.1 Å². The van der Waals surface area contributed by atoms with Crippen molar-refractivity contribution in [3.05, 3.63) is 42.5 Å². The number of nitrogens with one attached hydrogen (secondary N) is 1. The van der Waals surface area contributed by atoms with Crippen LogP contribution in [0, 0.1) is 0 Å². The summed E-state index contributed by atoms with van der Waals surface area (Å²) in [6, 6.07) is 7.36. The Hall–Kier alpha value is -2.10. The van der Waals surface area contributed by atoms with Crippen molar-refractivity contribution in [2.75, 3.05) is 18.4 Å². The minimum absolute atomic E-state index is 0.123. The van der Waals surface area contributed by atoms with Crippen LogP contribution in [0.15, 0.2) is 36.9 Å². The number of likely N-dealkylation sites (N-methyl/N-ethyl adjacent to an activating group) is 1. The van der Waals surface area contributed by atoms with Gasteiger partial charge >= 0.3 is 0 Å². The van der Waals surface area contributed by atoms with E-state index in [-0.39, 0.29) is 11.8 Å². The van der Waals surface area contributed by atoms with Gasteiger partial charge in [0.05, 0.1) is 6.42 Å². The monoisotopic (exact) mass is 288 g/mol. The van der Waals surface area contributed by atoms with E-state index in [2.05, 4.69) is 18.8 Å². The number of unbranched alkanes of at least 4 members (excludes halogenated alkanes) is 1. The molecule has 0 unspecified atom stereocenters. The second-order valence-electron chi connectivity index (χ2n) is 4.90. The van der Waals surface area contributed by atoms with Crippen LogP contribution >= 0.6 is 0 Å². The lowest BCUT2D eigenvalue weighted by molar-refractivity contribution is -0.130. The molecule has 0 spiro atoms. The largest absolute Gasteiger partial charge is 0.343 e. The number of carbonyl (C=O) groups excluding carboxylic acids is 2. The molecule has 0 heterocycles. The summed E-state index contributed by atoms with van der Waals surface area (Å²) in [7, 11) is 0. The fourth-order valence-corrected chi connectivity index (χ4v) is 2.05. The summed E-state index contributed by atoms with van der Waals surface area (Å²) in [6.45, 7) is 9.06. The summed E-state index contributed by atoms with van der Waals surface area (Å²) in [4.78, 5) is 25.4. The first-order valence-corrected chi connectivity index (χ1v) is 7.40. The normalized spacial score (nSPS) is 10.0. The third-order valence-electron chi connectivity index (χ3n) is 3.25. The van der Waals surface area contributed by atoms with Gasteiger partial charge < -0.3 is 10.2 Å². The molecule has 0 saturated carbocycles. The van der Waals surface area contributed by atoms with Gasteiger partial charge in [-0.25, -0.2) is 0 Å². The van der Waals surface area contributed by atoms with Crippen molar-refractivity contribution in [1.82, 2.24) is 4.90 Å². The van der Waals surface area contributed by atoms with Gasteiger partial charge in [0.25, 0.3) is 0 Å². The molecule has 0 bridgehead atoms. The zero-order chi connectivity index (χ0) is 15.7. The van der Waals surface area contributed by atoms with Gasteiger partial charge in [-0.05, 0) is 37.1 Å². The zero-order valence-electron chi connectivity index (χ0n) is 12.9. The summed E-state index contributed by atoms with van der Waals surface area (Å²) in [5.74, 6) is -0.130. The molecule has 1 aromatic carbocycles. The quantitative estimate of drug-likeness (QED) is 0.748. The van der Waals surface area contributed by atoms with E-state index in [0.29, 0.717) is 12.1 Å². The molecule has 21 heavy (non-hydrogen) atoms. The first-order chi connectivity index (χ1) is 10.1. The molecule has 0 atom stereocenters. The summed E-state index contributed by atoms with van der Waals surface area (Å²) in [5.41, 5.74) is 1.58. The molecular weight excluding hydrogens is 264 g/mol. The van der Waals surface area contributed by atoms with Crippen LogP contribution < -0.4 is 5.32 Å². The Bertz CT molecular complexity index is 497. The van der Waals surface area contributed by atoms with Gasteiger partial charge in [0, 0.05) is 18.8 Å². The Labute approximate surface area is 126 Å². The fraction of sp³-hybridized carbons (Fsp3) is 0.412. The van der Waals surface area contributed by atoms with Gasteiger partial charge in [0.2, 0.25) is 11.8 Å². The van der Waals surface area contributed by atoms with E-state index in [1.807, 2.05) is 30.0 Å². The van der Waals surface area contributed by atoms with E-state index in [0.717, 1.165) is 31.5 Å². The van der Waals surface area contributed by atoms with Crippen LogP contribution in [0.1, 0.15) is 32.3 Å². The number of hydrogen-bond donors (Lipinski definition) is 1. The van der Waals surface area contributed by atoms with Crippen LogP contribution in [0.2, 0.25) is 0 Å². The van der Waals surface area contributed by atoms with Crippen LogP contribution in [0.5, 0.6) is 0 Å². The summed E-state index contributed by atoms with van der Waals surface area (Å²) < 4.78 is 0. The summed E-state index contributed by atoms with van der Waals surface area (Å²) in [6.07, 6.45) is 3.68. The molecule has 4 heteroatoms. The van der Waals surface area contributed by atoms with Crippen molar-refractivity contribution >= 4 is 17.5 Å². The average molecular weight is 288 g/mol. The Balaban J connectivity index is 2.68. The van der Waals surface area contributed by atoms with Crippen molar-refractivity contribution in [2.24, 2.45) is 0 Å². The highest BCUT2D eigenvalue weighted by atomic mass is 16.2. The molecule has 0 fully saturated rings. The Morgan fingerprint density at radius 2 is 2.10 bits per heavy atom. The maximum Gasteiger partial charge on any atom is 0.247 e. The Morgan fingerprint density at radius 3 is 2.71 bits per heavy atom. The lowest BCUT2D eigenvalue weighted by Gasteiger charge is -2.20. The summed E-state index contributed by atoms with van der Waals surface area (Å²) in [5, 5.41) is 2.70. The van der Waals surface area contributed by atoms with Crippen molar-refractivity contribution in [3.63, 3.8) is 0 Å². The minimum atomic E-state index is -0.253. The molecule has 1 N–H and O–H groups in total. The molecule has 0 saturated heterocycles. The van der Waals surface area contributed by atoms with Gasteiger partial charge in [-0.15, -0.1) is 0 Å². The number of benzene rings is 1. The molecule has 0 aromatic heterocycles. The van der Waals surface area contributed by atoms with Crippen LogP contribution in [0.4, 0.5) is 5.69 Å². The van der Waals surface area contributed by atoms with Crippen LogP contribution in [-0.2, 0) is 16.0 Å². The average Bonchev–Trinajstić information content (AvgIpc) is 2.48. The van der Waals surface area contributed by atoms with E-state index in [1.165, 1.54) is 6.08 Å². The molecule has 1 aromatic rings. The SMILES string of the molecule is C=CC(=O)Nc1cccc(CC(=O)N(CC)CCCC)c1. The van der Waals surface area contributed by atoms with E-state index in [9.17, 15) is 9.59 Å². The number of anilines is 1. The van der Waals surface area contributed by atoms with E-state index in [4.69, 9.17) is 0 Å². The smallest absolute Gasteiger partial charge is 0.247 e. The standard InChI is InChI=1S/C17H24N2O2/c1-4-7-11-19(6-3)17(21)13-14-9-8-10-15(12-14)18-16(20)5-2/h5,8-10,12H,2,4,6-7,11,13H2,1,3H3,(H,18,20). The Kier molecular flexibility index (Phi) is 7.23. The van der Waals surface area contributed by atoms with Gasteiger partial charge in [-0.2, -0.15) is 0 Å². The number of nitrogens with zero attached hydrogens (tertiary/aromatic N) is 1. The fourth-order valence-electron chi connectivity index (χ4n) is 2.05. The first-order valence-electron chi connectivity index (χ1n) is 7.40. The highest BCUT2D eigenvalue weighted by Gasteiger charge is 2.12. The highest BCUT2D eigenvalue weighted by Crippen LogP contribution is 2.12. The molecule has 114 valence electrons. The maximum absolute atomic E-state index is 12.3. The Morgan fingerprint density at radius 1 is 1.33 bits per heavy atom. The van der Waals surface area contributed by atoms with Gasteiger partial charge in [-0.1, -0.05) is 32.1 Å². The molecular formula is C17H24N2O2. The van der Waals surface area contributed by atoms with E-state index >= 15 is 0 Å². The lowest BCUT2D eigenvalue weighted by atomic mass is 10.1. The van der Waals surface area contributed by atoms with Crippen LogP contribution in [-0.4, -0.2) is 29.8 Å². The van der Waals surface area contributed by atoms with Crippen molar-refractivity contribution in [1.29, 1.82) is 0 Å². The lowest BCUT2D eigenvalue weighted by Crippen LogP contribution is -2.33. The number of carbonyl (C=O) groups is 2. The van der Waals surface area contributed by atoms with Crippen molar-refractivity contribution in [3.8, 4) is 0 Å². The first kappa shape index (κ1) is 17.0. The topological polar surface area (TPSA) is 49.4 Å². The molecule has 0 aliphatic heterocycles. The molecule has 2 amide bonds. The second kappa shape index (κ2) is 8.95. The molecule has 0 aliphatic carbocycles. The predicted octanol–water partition coefficient (Wildman–Crippen LogP) is 3.00. The van der Waals surface area contributed by atoms with Crippen LogP contribution in [0.25, 0.3) is 0 Å². The molecule has 0 aliphatic rings.